The molecule has 11 nitrogen and oxygen atoms in total. The van der Waals surface area contributed by atoms with Gasteiger partial charge in [-0.25, -0.2) is 4.39 Å². The lowest BCUT2D eigenvalue weighted by Crippen LogP contribution is -2.53. The summed E-state index contributed by atoms with van der Waals surface area (Å²) in [6.07, 6.45) is 2.27. The van der Waals surface area contributed by atoms with Crippen LogP contribution in [0.1, 0.15) is 70.2 Å². The number of nitrogens with two attached hydrogens (primary N) is 3. The van der Waals surface area contributed by atoms with Crippen LogP contribution in [0.5, 0.6) is 0 Å². The van der Waals surface area contributed by atoms with Crippen LogP contribution in [0.25, 0.3) is 0 Å². The molecule has 0 saturated carbocycles. The number of ether oxygens (including phenoxy) is 1. The van der Waals surface area contributed by atoms with Gasteiger partial charge in [-0.15, -0.1) is 0 Å². The summed E-state index contributed by atoms with van der Waals surface area (Å²) in [4.78, 5) is 31.6. The molecular weight excluding hydrogens is 587 g/mol. The summed E-state index contributed by atoms with van der Waals surface area (Å²) in [6, 6.07) is 8.97. The third kappa shape index (κ3) is 8.60. The van der Waals surface area contributed by atoms with Crippen molar-refractivity contribution in [1.29, 1.82) is 5.41 Å². The molecule has 2 amide bonds. The number of rotatable bonds is 12. The van der Waals surface area contributed by atoms with Crippen molar-refractivity contribution in [2.75, 3.05) is 18.5 Å². The Morgan fingerprint density at radius 2 is 1.80 bits per heavy atom. The fourth-order valence-electron chi connectivity index (χ4n) is 5.14. The molecular formula is C31H44ClFN8O3. The van der Waals surface area contributed by atoms with Gasteiger partial charge < -0.3 is 37.5 Å². The number of hydrogen-bond donors (Lipinski definition) is 6. The Morgan fingerprint density at radius 1 is 1.11 bits per heavy atom. The molecule has 1 aliphatic rings. The van der Waals surface area contributed by atoms with Crippen molar-refractivity contribution in [3.05, 3.63) is 63.9 Å². The standard InChI is InChI=1S/C31H44ClFN8O3/c1-6-31(5,7-2)44-17-30(3,4)41(29(36)37)16-18-8-10-22-19(12-18)13-20(15-38-28(34)35)25(22)40-27(43)26(42)39-21-9-11-23(32)24(33)14-21/h8-12,14,20,25H,6-7,13,15-17H2,1-5H3,(H3,36,37)(H,39,42)(H,40,43)(H4,34,35,38)/t20-,25-/m1/s1. The van der Waals surface area contributed by atoms with Crippen LogP contribution >= 0.6 is 11.6 Å². The summed E-state index contributed by atoms with van der Waals surface area (Å²) >= 11 is 5.71. The molecule has 0 aromatic heterocycles. The first-order valence-corrected chi connectivity index (χ1v) is 15.0. The quantitative estimate of drug-likeness (QED) is 0.117. The lowest BCUT2D eigenvalue weighted by molar-refractivity contribution is -0.136. The van der Waals surface area contributed by atoms with Crippen LogP contribution in [0.2, 0.25) is 5.02 Å². The van der Waals surface area contributed by atoms with Crippen LogP contribution < -0.4 is 27.8 Å². The van der Waals surface area contributed by atoms with Gasteiger partial charge in [-0.2, -0.15) is 0 Å². The van der Waals surface area contributed by atoms with Gasteiger partial charge in [-0.05, 0) is 74.9 Å². The summed E-state index contributed by atoms with van der Waals surface area (Å²) in [5.74, 6) is -2.97. The Hall–Kier alpha value is -3.90. The fourth-order valence-corrected chi connectivity index (χ4v) is 5.26. The number of guanidine groups is 2. The summed E-state index contributed by atoms with van der Waals surface area (Å²) in [5, 5.41) is 13.4. The number of anilines is 1. The van der Waals surface area contributed by atoms with E-state index in [1.807, 2.05) is 32.0 Å². The third-order valence-electron chi connectivity index (χ3n) is 8.31. The third-order valence-corrected chi connectivity index (χ3v) is 8.61. The van der Waals surface area contributed by atoms with Crippen molar-refractivity contribution >= 4 is 41.0 Å². The molecule has 0 fully saturated rings. The Labute approximate surface area is 263 Å². The van der Waals surface area contributed by atoms with Crippen LogP contribution in [0, 0.1) is 17.1 Å². The van der Waals surface area contributed by atoms with Gasteiger partial charge in [0.1, 0.15) is 5.82 Å². The van der Waals surface area contributed by atoms with E-state index in [1.54, 1.807) is 4.90 Å². The highest BCUT2D eigenvalue weighted by molar-refractivity contribution is 6.39. The first-order chi connectivity index (χ1) is 20.6. The first kappa shape index (κ1) is 34.6. The van der Waals surface area contributed by atoms with Crippen LogP contribution in [0.4, 0.5) is 10.1 Å². The predicted molar refractivity (Wildman–Crippen MR) is 172 cm³/mol. The Bertz CT molecular complexity index is 1410. The maximum Gasteiger partial charge on any atom is 0.313 e. The minimum absolute atomic E-state index is 0.0730. The SMILES string of the molecule is CCC(C)(CC)OCC(C)(C)N(Cc1ccc2c(c1)C[C@H](CN=C(N)N)[C@H]2NC(=O)C(=O)Nc1ccc(Cl)c(F)c1)C(=N)N. The maximum absolute atomic E-state index is 13.8. The molecule has 0 saturated heterocycles. The minimum Gasteiger partial charge on any atom is -0.373 e. The lowest BCUT2D eigenvalue weighted by Gasteiger charge is -2.41. The number of benzene rings is 2. The zero-order valence-corrected chi connectivity index (χ0v) is 26.7. The van der Waals surface area contributed by atoms with Crippen LogP contribution in [0.15, 0.2) is 41.4 Å². The van der Waals surface area contributed by atoms with E-state index in [9.17, 15) is 14.0 Å². The molecule has 0 aliphatic heterocycles. The number of nitrogens with one attached hydrogen (secondary N) is 3. The van der Waals surface area contributed by atoms with Gasteiger partial charge in [0.2, 0.25) is 0 Å². The summed E-state index contributed by atoms with van der Waals surface area (Å²) in [5.41, 5.74) is 19.2. The number of carbonyl (C=O) groups is 2. The van der Waals surface area contributed by atoms with E-state index in [0.29, 0.717) is 19.6 Å². The van der Waals surface area contributed by atoms with Gasteiger partial charge in [0.05, 0.1) is 28.8 Å². The van der Waals surface area contributed by atoms with Crippen LogP contribution in [0.3, 0.4) is 0 Å². The van der Waals surface area contributed by atoms with Gasteiger partial charge in [-0.3, -0.25) is 20.0 Å². The number of amides is 2. The number of fused-ring (bicyclic) bond motifs is 1. The monoisotopic (exact) mass is 630 g/mol. The zero-order chi connectivity index (χ0) is 32.8. The van der Waals surface area contributed by atoms with Crippen molar-refractivity contribution < 1.29 is 18.7 Å². The van der Waals surface area contributed by atoms with Crippen molar-refractivity contribution in [2.45, 2.75) is 77.6 Å². The molecule has 9 N–H and O–H groups in total. The molecule has 2 atom stereocenters. The summed E-state index contributed by atoms with van der Waals surface area (Å²) < 4.78 is 20.1. The van der Waals surface area contributed by atoms with E-state index >= 15 is 0 Å². The molecule has 44 heavy (non-hydrogen) atoms. The Kier molecular flexibility index (Phi) is 11.2. The van der Waals surface area contributed by atoms with Crippen molar-refractivity contribution in [3.8, 4) is 0 Å². The van der Waals surface area contributed by atoms with E-state index in [1.165, 1.54) is 12.1 Å². The van der Waals surface area contributed by atoms with Crippen molar-refractivity contribution in [1.82, 2.24) is 10.2 Å². The normalized spacial score (nSPS) is 16.2. The van der Waals surface area contributed by atoms with E-state index < -0.39 is 29.2 Å². The number of carbonyl (C=O) groups excluding carboxylic acids is 2. The molecule has 0 heterocycles. The van der Waals surface area contributed by atoms with E-state index in [2.05, 4.69) is 36.4 Å². The second kappa shape index (κ2) is 14.3. The Morgan fingerprint density at radius 3 is 2.39 bits per heavy atom. The molecule has 2 aromatic rings. The van der Waals surface area contributed by atoms with E-state index in [-0.39, 0.29) is 40.7 Å². The van der Waals surface area contributed by atoms with Gasteiger partial charge in [0, 0.05) is 24.7 Å². The van der Waals surface area contributed by atoms with Crippen molar-refractivity contribution in [3.63, 3.8) is 0 Å². The molecule has 3 rings (SSSR count). The highest BCUT2D eigenvalue weighted by Gasteiger charge is 2.36. The minimum atomic E-state index is -0.957. The largest absolute Gasteiger partial charge is 0.373 e. The fraction of sp³-hybridized carbons (Fsp3) is 0.484. The summed E-state index contributed by atoms with van der Waals surface area (Å²) in [7, 11) is 0. The number of nitrogens with zero attached hydrogens (tertiary/aromatic N) is 2. The highest BCUT2D eigenvalue weighted by Crippen LogP contribution is 2.37. The number of aliphatic imine (C=N–C) groups is 1. The van der Waals surface area contributed by atoms with Crippen LogP contribution in [-0.2, 0) is 27.3 Å². The van der Waals surface area contributed by atoms with Gasteiger partial charge in [0.15, 0.2) is 11.9 Å². The van der Waals surface area contributed by atoms with Gasteiger partial charge in [-0.1, -0.05) is 43.6 Å². The zero-order valence-electron chi connectivity index (χ0n) is 26.0. The molecule has 0 bridgehead atoms. The Balaban J connectivity index is 1.81. The van der Waals surface area contributed by atoms with Gasteiger partial charge >= 0.3 is 11.8 Å². The molecule has 0 radical (unpaired) electrons. The molecule has 2 aromatic carbocycles. The molecule has 0 spiro atoms. The van der Waals surface area contributed by atoms with Crippen molar-refractivity contribution in [2.24, 2.45) is 28.1 Å². The predicted octanol–water partition coefficient (Wildman–Crippen LogP) is 3.79. The topological polar surface area (TPSA) is 185 Å². The molecule has 240 valence electrons. The van der Waals surface area contributed by atoms with Crippen LogP contribution in [-0.4, -0.2) is 52.9 Å². The lowest BCUT2D eigenvalue weighted by atomic mass is 9.97. The first-order valence-electron chi connectivity index (χ1n) is 14.6. The number of halogens is 2. The van der Waals surface area contributed by atoms with E-state index in [0.717, 1.165) is 35.6 Å². The smallest absolute Gasteiger partial charge is 0.313 e. The molecule has 1 aliphatic carbocycles. The summed E-state index contributed by atoms with van der Waals surface area (Å²) in [6.45, 7) is 11.2. The highest BCUT2D eigenvalue weighted by atomic mass is 35.5. The molecule has 0 unspecified atom stereocenters. The number of hydrogen-bond acceptors (Lipinski definition) is 5. The van der Waals surface area contributed by atoms with E-state index in [4.69, 9.17) is 38.9 Å². The second-order valence-corrected chi connectivity index (χ2v) is 12.4. The molecule has 13 heteroatoms. The average molecular weight is 631 g/mol. The van der Waals surface area contributed by atoms with Gasteiger partial charge in [0.25, 0.3) is 0 Å². The maximum atomic E-state index is 13.8. The average Bonchev–Trinajstić information content (AvgIpc) is 3.31. The second-order valence-electron chi connectivity index (χ2n) is 12.0.